The summed E-state index contributed by atoms with van der Waals surface area (Å²) in [6.45, 7) is 0.0279. The van der Waals surface area contributed by atoms with E-state index in [9.17, 15) is 5.11 Å². The van der Waals surface area contributed by atoms with Gasteiger partial charge in [0.25, 0.3) is 0 Å². The Balaban J connectivity index is 1.58. The summed E-state index contributed by atoms with van der Waals surface area (Å²) in [5, 5.41) is 12.5. The number of nitrogens with two attached hydrogens (primary N) is 1. The topological polar surface area (TPSA) is 80.4 Å². The third-order valence-electron chi connectivity index (χ3n) is 6.03. The Morgan fingerprint density at radius 1 is 1.03 bits per heavy atom. The molecule has 5 heteroatoms. The minimum atomic E-state index is -0.179. The molecule has 0 spiro atoms. The number of fused-ring (bicyclic) bond motifs is 1. The van der Waals surface area contributed by atoms with Gasteiger partial charge in [0, 0.05) is 29.3 Å². The summed E-state index contributed by atoms with van der Waals surface area (Å²) in [7, 11) is 0. The average Bonchev–Trinajstić information content (AvgIpc) is 2.77. The number of aromatic nitrogens is 1. The van der Waals surface area contributed by atoms with Gasteiger partial charge in [-0.05, 0) is 36.5 Å². The number of rotatable bonds is 5. The van der Waals surface area contributed by atoms with E-state index < -0.39 is 0 Å². The van der Waals surface area contributed by atoms with Crippen LogP contribution in [0, 0.1) is 0 Å². The number of aliphatic hydroxyl groups is 1. The lowest BCUT2D eigenvalue weighted by Crippen LogP contribution is -2.43. The van der Waals surface area contributed by atoms with Gasteiger partial charge < -0.3 is 20.9 Å². The van der Waals surface area contributed by atoms with Crippen molar-refractivity contribution in [1.82, 2.24) is 4.98 Å². The van der Waals surface area contributed by atoms with Crippen LogP contribution in [0.1, 0.15) is 31.2 Å². The van der Waals surface area contributed by atoms with Crippen molar-refractivity contribution in [3.63, 3.8) is 0 Å². The molecule has 0 unspecified atom stereocenters. The highest BCUT2D eigenvalue weighted by molar-refractivity contribution is 5.85. The fourth-order valence-corrected chi connectivity index (χ4v) is 4.09. The summed E-state index contributed by atoms with van der Waals surface area (Å²) >= 11 is 0. The quantitative estimate of drug-likeness (QED) is 0.575. The molecule has 0 bridgehead atoms. The molecule has 0 radical (unpaired) electrons. The maximum absolute atomic E-state index is 9.23. The molecule has 4 N–H and O–H groups in total. The van der Waals surface area contributed by atoms with Crippen molar-refractivity contribution in [2.75, 3.05) is 11.9 Å². The molecule has 1 aromatic heterocycles. The molecule has 0 atom stereocenters. The number of nitrogens with zero attached hydrogens (tertiary/aromatic N) is 1. The summed E-state index contributed by atoms with van der Waals surface area (Å²) < 4.78 is 5.94. The van der Waals surface area contributed by atoms with Gasteiger partial charge in [-0.3, -0.25) is 0 Å². The first-order valence-electron chi connectivity index (χ1n) is 10.4. The molecule has 2 heterocycles. The van der Waals surface area contributed by atoms with E-state index in [4.69, 9.17) is 15.5 Å². The minimum Gasteiger partial charge on any atom is -0.440 e. The van der Waals surface area contributed by atoms with Gasteiger partial charge in [0.05, 0.1) is 12.3 Å². The largest absolute Gasteiger partial charge is 0.440 e. The number of anilines is 1. The molecule has 1 fully saturated rings. The molecule has 0 saturated heterocycles. The zero-order valence-corrected chi connectivity index (χ0v) is 16.8. The van der Waals surface area contributed by atoms with Gasteiger partial charge in [0.2, 0.25) is 5.88 Å². The molecule has 1 aliphatic heterocycles. The van der Waals surface area contributed by atoms with Crippen LogP contribution in [-0.4, -0.2) is 16.7 Å². The summed E-state index contributed by atoms with van der Waals surface area (Å²) in [5.41, 5.74) is 12.3. The van der Waals surface area contributed by atoms with Crippen molar-refractivity contribution in [2.45, 2.75) is 31.2 Å². The first-order chi connectivity index (χ1) is 14.7. The van der Waals surface area contributed by atoms with Crippen molar-refractivity contribution in [1.29, 1.82) is 0 Å². The molecule has 2 aliphatic rings. The lowest BCUT2D eigenvalue weighted by atomic mass is 9.72. The summed E-state index contributed by atoms with van der Waals surface area (Å²) in [6.07, 6.45) is 5.49. The highest BCUT2D eigenvalue weighted by Gasteiger charge is 2.34. The zero-order chi connectivity index (χ0) is 20.6. The summed E-state index contributed by atoms with van der Waals surface area (Å²) in [5.74, 6) is 1.19. The van der Waals surface area contributed by atoms with Crippen LogP contribution in [0.2, 0.25) is 0 Å². The van der Waals surface area contributed by atoms with Crippen molar-refractivity contribution >= 4 is 5.69 Å². The van der Waals surface area contributed by atoms with Gasteiger partial charge >= 0.3 is 0 Å². The third kappa shape index (κ3) is 3.36. The molecule has 0 amide bonds. The fraction of sp³-hybridized carbons (Fsp3) is 0.240. The summed E-state index contributed by atoms with van der Waals surface area (Å²) in [6, 6.07) is 20.8. The van der Waals surface area contributed by atoms with Crippen LogP contribution in [0.15, 0.2) is 72.6 Å². The maximum Gasteiger partial charge on any atom is 0.243 e. The molecule has 5 nitrogen and oxygen atoms in total. The number of hydrogen-bond acceptors (Lipinski definition) is 5. The molecule has 5 rings (SSSR count). The Hall–Kier alpha value is -3.15. The number of nitrogens with one attached hydrogen (secondary N) is 1. The monoisotopic (exact) mass is 399 g/mol. The van der Waals surface area contributed by atoms with E-state index in [1.807, 2.05) is 18.2 Å². The van der Waals surface area contributed by atoms with Crippen LogP contribution in [0.3, 0.4) is 0 Å². The van der Waals surface area contributed by atoms with Crippen LogP contribution in [-0.2, 0) is 5.54 Å². The minimum absolute atomic E-state index is 0.0279. The second-order valence-electron chi connectivity index (χ2n) is 8.02. The first kappa shape index (κ1) is 18.9. The van der Waals surface area contributed by atoms with Gasteiger partial charge in [-0.2, -0.15) is 0 Å². The van der Waals surface area contributed by atoms with Gasteiger partial charge in [0.1, 0.15) is 11.4 Å². The highest BCUT2D eigenvalue weighted by Crippen LogP contribution is 2.41. The Morgan fingerprint density at radius 2 is 1.80 bits per heavy atom. The normalized spacial score (nSPS) is 16.5. The molecule has 152 valence electrons. The second kappa shape index (κ2) is 7.59. The Morgan fingerprint density at radius 3 is 2.47 bits per heavy atom. The van der Waals surface area contributed by atoms with E-state index in [1.54, 1.807) is 6.20 Å². The van der Waals surface area contributed by atoms with Gasteiger partial charge in [-0.25, -0.2) is 4.98 Å². The molecule has 2 aromatic carbocycles. The van der Waals surface area contributed by atoms with E-state index in [0.717, 1.165) is 40.9 Å². The van der Waals surface area contributed by atoms with Crippen molar-refractivity contribution in [2.24, 2.45) is 5.73 Å². The van der Waals surface area contributed by atoms with E-state index >= 15 is 0 Å². The van der Waals surface area contributed by atoms with Crippen LogP contribution in [0.5, 0.6) is 5.88 Å². The zero-order valence-electron chi connectivity index (χ0n) is 16.8. The van der Waals surface area contributed by atoms with Crippen molar-refractivity contribution in [3.05, 3.63) is 78.2 Å². The third-order valence-corrected chi connectivity index (χ3v) is 6.03. The predicted octanol–water partition coefficient (Wildman–Crippen LogP) is 4.78. The maximum atomic E-state index is 9.23. The standard InChI is InChI=1S/C25H25N3O2/c26-25(12-4-13-25)19-9-7-18(8-10-19)23-21(17-5-2-1-3-6-17)15-22-24(28-23)30-20(11-14-29)16-27-22/h1-3,5-10,15-16,27,29H,4,11-14,26H2. The Kier molecular flexibility index (Phi) is 4.77. The van der Waals surface area contributed by atoms with Crippen molar-refractivity contribution in [3.8, 4) is 28.3 Å². The van der Waals surface area contributed by atoms with E-state index in [2.05, 4.69) is 47.8 Å². The number of aliphatic hydroxyl groups excluding tert-OH is 1. The molecule has 1 saturated carbocycles. The van der Waals surface area contributed by atoms with Gasteiger partial charge in [0.15, 0.2) is 0 Å². The fourth-order valence-electron chi connectivity index (χ4n) is 4.09. The number of hydrogen-bond donors (Lipinski definition) is 3. The van der Waals surface area contributed by atoms with Crippen LogP contribution in [0.4, 0.5) is 5.69 Å². The predicted molar refractivity (Wildman–Crippen MR) is 119 cm³/mol. The van der Waals surface area contributed by atoms with Crippen LogP contribution < -0.4 is 15.8 Å². The number of benzene rings is 2. The molecular formula is C25H25N3O2. The molecular weight excluding hydrogens is 374 g/mol. The SMILES string of the molecule is NC1(c2ccc(-c3nc4c(cc3-c3ccccc3)NC=C(CCO)O4)cc2)CCC1. The smallest absolute Gasteiger partial charge is 0.243 e. The molecule has 3 aromatic rings. The van der Waals surface area contributed by atoms with Crippen molar-refractivity contribution < 1.29 is 9.84 Å². The number of ether oxygens (including phenoxy) is 1. The number of pyridine rings is 1. The Bertz CT molecular complexity index is 1090. The van der Waals surface area contributed by atoms with Gasteiger partial charge in [-0.15, -0.1) is 0 Å². The van der Waals surface area contributed by atoms with E-state index in [0.29, 0.717) is 18.1 Å². The van der Waals surface area contributed by atoms with Gasteiger partial charge in [-0.1, -0.05) is 54.6 Å². The molecule has 1 aliphatic carbocycles. The second-order valence-corrected chi connectivity index (χ2v) is 8.02. The van der Waals surface area contributed by atoms with E-state index in [1.165, 1.54) is 12.0 Å². The highest BCUT2D eigenvalue weighted by atomic mass is 16.5. The first-order valence-corrected chi connectivity index (χ1v) is 10.4. The lowest BCUT2D eigenvalue weighted by molar-refractivity contribution is 0.253. The van der Waals surface area contributed by atoms with Crippen LogP contribution >= 0.6 is 0 Å². The van der Waals surface area contributed by atoms with E-state index in [-0.39, 0.29) is 12.1 Å². The average molecular weight is 399 g/mol. The lowest BCUT2D eigenvalue weighted by Gasteiger charge is -2.38. The summed E-state index contributed by atoms with van der Waals surface area (Å²) in [4.78, 5) is 4.88. The van der Waals surface area contributed by atoms with Crippen LogP contribution in [0.25, 0.3) is 22.4 Å². The Labute approximate surface area is 176 Å². The molecule has 30 heavy (non-hydrogen) atoms.